The van der Waals surface area contributed by atoms with Gasteiger partial charge in [0.15, 0.2) is 0 Å². The molecule has 0 aliphatic rings. The van der Waals surface area contributed by atoms with Crippen LogP contribution in [0.3, 0.4) is 0 Å². The fourth-order valence-corrected chi connectivity index (χ4v) is 2.15. The molecular formula is C17H28O6. The van der Waals surface area contributed by atoms with E-state index >= 15 is 0 Å². The molecule has 6 heteroatoms. The van der Waals surface area contributed by atoms with Crippen molar-refractivity contribution in [2.75, 3.05) is 0 Å². The van der Waals surface area contributed by atoms with E-state index in [-0.39, 0.29) is 24.2 Å². The third-order valence-corrected chi connectivity index (χ3v) is 3.39. The van der Waals surface area contributed by atoms with Gasteiger partial charge in [0, 0.05) is 5.57 Å². The Labute approximate surface area is 137 Å². The SMILES string of the molecule is C=C(C(=O)O)C(CC(=O)OC(C)CCC)C(=O)OC(C)CCC. The fraction of sp³-hybridized carbons (Fsp3) is 0.706. The lowest BCUT2D eigenvalue weighted by atomic mass is 9.97. The summed E-state index contributed by atoms with van der Waals surface area (Å²) < 4.78 is 10.4. The van der Waals surface area contributed by atoms with Crippen LogP contribution >= 0.6 is 0 Å². The predicted molar refractivity (Wildman–Crippen MR) is 85.8 cm³/mol. The molecule has 0 aromatic rings. The number of carboxylic acid groups (broad SMARTS) is 1. The van der Waals surface area contributed by atoms with Gasteiger partial charge in [0.1, 0.15) is 0 Å². The highest BCUT2D eigenvalue weighted by Crippen LogP contribution is 2.19. The summed E-state index contributed by atoms with van der Waals surface area (Å²) in [5.74, 6) is -3.94. The van der Waals surface area contributed by atoms with Gasteiger partial charge in [0.25, 0.3) is 0 Å². The van der Waals surface area contributed by atoms with Crippen molar-refractivity contribution in [1.29, 1.82) is 0 Å². The van der Waals surface area contributed by atoms with Gasteiger partial charge in [-0.25, -0.2) is 4.79 Å². The van der Waals surface area contributed by atoms with E-state index in [4.69, 9.17) is 14.6 Å². The summed E-state index contributed by atoms with van der Waals surface area (Å²) in [6.45, 7) is 10.8. The van der Waals surface area contributed by atoms with Crippen molar-refractivity contribution in [2.45, 2.75) is 72.0 Å². The van der Waals surface area contributed by atoms with Crippen molar-refractivity contribution in [2.24, 2.45) is 5.92 Å². The smallest absolute Gasteiger partial charge is 0.331 e. The lowest BCUT2D eigenvalue weighted by Gasteiger charge is -2.20. The molecule has 0 fully saturated rings. The molecule has 132 valence electrons. The average Bonchev–Trinajstić information content (AvgIpc) is 2.44. The minimum Gasteiger partial charge on any atom is -0.478 e. The number of esters is 2. The zero-order valence-electron chi connectivity index (χ0n) is 14.5. The van der Waals surface area contributed by atoms with Gasteiger partial charge in [-0.05, 0) is 26.7 Å². The number of aliphatic carboxylic acids is 1. The van der Waals surface area contributed by atoms with Crippen LogP contribution < -0.4 is 0 Å². The van der Waals surface area contributed by atoms with E-state index in [1.165, 1.54) is 0 Å². The monoisotopic (exact) mass is 328 g/mol. The van der Waals surface area contributed by atoms with Crippen LogP contribution in [0.1, 0.15) is 59.8 Å². The molecule has 0 amide bonds. The molecule has 23 heavy (non-hydrogen) atoms. The first kappa shape index (κ1) is 21.1. The second-order valence-corrected chi connectivity index (χ2v) is 5.71. The Balaban J connectivity index is 4.88. The van der Waals surface area contributed by atoms with E-state index in [1.54, 1.807) is 13.8 Å². The summed E-state index contributed by atoms with van der Waals surface area (Å²) in [6.07, 6.45) is 2.06. The maximum absolute atomic E-state index is 12.2. The summed E-state index contributed by atoms with van der Waals surface area (Å²) in [7, 11) is 0. The standard InChI is InChI=1S/C17H28O6/c1-6-8-11(3)22-15(18)10-14(13(5)16(19)20)17(21)23-12(4)9-7-2/h11-12,14H,5-10H2,1-4H3,(H,19,20). The number of ether oxygens (including phenoxy) is 2. The summed E-state index contributed by atoms with van der Waals surface area (Å²) >= 11 is 0. The van der Waals surface area contributed by atoms with Crippen LogP contribution in [-0.2, 0) is 23.9 Å². The van der Waals surface area contributed by atoms with Gasteiger partial charge in [0.05, 0.1) is 24.5 Å². The number of carbonyl (C=O) groups is 3. The van der Waals surface area contributed by atoms with E-state index < -0.39 is 23.8 Å². The largest absolute Gasteiger partial charge is 0.478 e. The lowest BCUT2D eigenvalue weighted by molar-refractivity contribution is -0.160. The normalized spacial score (nSPS) is 14.4. The maximum atomic E-state index is 12.2. The van der Waals surface area contributed by atoms with Gasteiger partial charge in [0.2, 0.25) is 0 Å². The van der Waals surface area contributed by atoms with E-state index in [1.807, 2.05) is 13.8 Å². The second kappa shape index (κ2) is 10.8. The summed E-state index contributed by atoms with van der Waals surface area (Å²) in [5.41, 5.74) is -0.362. The predicted octanol–water partition coefficient (Wildman–Crippen LogP) is 3.10. The molecule has 0 bridgehead atoms. The van der Waals surface area contributed by atoms with Crippen LogP contribution in [0.4, 0.5) is 0 Å². The number of hydrogen-bond acceptors (Lipinski definition) is 5. The molecule has 0 radical (unpaired) electrons. The summed E-state index contributed by atoms with van der Waals surface area (Å²) in [4.78, 5) is 35.2. The molecule has 0 aromatic heterocycles. The van der Waals surface area contributed by atoms with E-state index in [9.17, 15) is 14.4 Å². The number of carboxylic acids is 1. The van der Waals surface area contributed by atoms with Crippen molar-refractivity contribution in [3.05, 3.63) is 12.2 Å². The van der Waals surface area contributed by atoms with E-state index in [0.29, 0.717) is 12.8 Å². The van der Waals surface area contributed by atoms with E-state index in [0.717, 1.165) is 12.8 Å². The second-order valence-electron chi connectivity index (χ2n) is 5.71. The van der Waals surface area contributed by atoms with Gasteiger partial charge < -0.3 is 14.6 Å². The quantitative estimate of drug-likeness (QED) is 0.463. The van der Waals surface area contributed by atoms with Gasteiger partial charge >= 0.3 is 17.9 Å². The lowest BCUT2D eigenvalue weighted by Crippen LogP contribution is -2.30. The Hall–Kier alpha value is -1.85. The van der Waals surface area contributed by atoms with Crippen molar-refractivity contribution in [1.82, 2.24) is 0 Å². The Kier molecular flexibility index (Phi) is 9.94. The van der Waals surface area contributed by atoms with Crippen LogP contribution in [0.5, 0.6) is 0 Å². The van der Waals surface area contributed by atoms with Crippen molar-refractivity contribution in [3.63, 3.8) is 0 Å². The highest BCUT2D eigenvalue weighted by Gasteiger charge is 2.31. The Bertz CT molecular complexity index is 429. The number of rotatable bonds is 11. The van der Waals surface area contributed by atoms with Gasteiger partial charge in [-0.1, -0.05) is 33.3 Å². The van der Waals surface area contributed by atoms with Gasteiger partial charge in [-0.2, -0.15) is 0 Å². The van der Waals surface area contributed by atoms with Crippen LogP contribution in [0, 0.1) is 5.92 Å². The number of hydrogen-bond donors (Lipinski definition) is 1. The first-order valence-corrected chi connectivity index (χ1v) is 8.04. The highest BCUT2D eigenvalue weighted by atomic mass is 16.6. The summed E-state index contributed by atoms with van der Waals surface area (Å²) in [5, 5.41) is 9.06. The van der Waals surface area contributed by atoms with Crippen LogP contribution in [0.2, 0.25) is 0 Å². The molecule has 0 aliphatic carbocycles. The molecule has 3 atom stereocenters. The van der Waals surface area contributed by atoms with Crippen LogP contribution in [-0.4, -0.2) is 35.2 Å². The van der Waals surface area contributed by atoms with Gasteiger partial charge in [-0.15, -0.1) is 0 Å². The van der Waals surface area contributed by atoms with Crippen LogP contribution in [0.25, 0.3) is 0 Å². The zero-order valence-corrected chi connectivity index (χ0v) is 14.5. The van der Waals surface area contributed by atoms with Crippen molar-refractivity contribution in [3.8, 4) is 0 Å². The molecule has 3 unspecified atom stereocenters. The van der Waals surface area contributed by atoms with E-state index in [2.05, 4.69) is 6.58 Å². The Morgan fingerprint density at radius 3 is 1.91 bits per heavy atom. The molecule has 0 aromatic carbocycles. The topological polar surface area (TPSA) is 89.9 Å². The Morgan fingerprint density at radius 2 is 1.48 bits per heavy atom. The third kappa shape index (κ3) is 8.38. The minimum absolute atomic E-state index is 0.277. The molecule has 0 rings (SSSR count). The first-order chi connectivity index (χ1) is 10.7. The van der Waals surface area contributed by atoms with Crippen LogP contribution in [0.15, 0.2) is 12.2 Å². The first-order valence-electron chi connectivity index (χ1n) is 8.04. The molecule has 1 N–H and O–H groups in total. The molecule has 0 saturated carbocycles. The third-order valence-electron chi connectivity index (χ3n) is 3.39. The van der Waals surface area contributed by atoms with Crippen molar-refractivity contribution >= 4 is 17.9 Å². The molecule has 0 heterocycles. The molecule has 6 nitrogen and oxygen atoms in total. The minimum atomic E-state index is -1.33. The molecular weight excluding hydrogens is 300 g/mol. The maximum Gasteiger partial charge on any atom is 0.331 e. The molecule has 0 aliphatic heterocycles. The molecule has 0 saturated heterocycles. The summed E-state index contributed by atoms with van der Waals surface area (Å²) in [6, 6.07) is 0. The Morgan fingerprint density at radius 1 is 1.00 bits per heavy atom. The van der Waals surface area contributed by atoms with Crippen molar-refractivity contribution < 1.29 is 29.0 Å². The van der Waals surface area contributed by atoms with Gasteiger partial charge in [-0.3, -0.25) is 9.59 Å². The zero-order chi connectivity index (χ0) is 18.0. The number of carbonyl (C=O) groups excluding carboxylic acids is 2. The highest BCUT2D eigenvalue weighted by molar-refractivity contribution is 5.95. The average molecular weight is 328 g/mol. The fourth-order valence-electron chi connectivity index (χ4n) is 2.15. The molecule has 0 spiro atoms.